The number of hydrogen-bond acceptors (Lipinski definition) is 2. The zero-order valence-corrected chi connectivity index (χ0v) is 11.8. The molecule has 0 aromatic heterocycles. The monoisotopic (exact) mass is 281 g/mol. The minimum Gasteiger partial charge on any atom is -0.386 e. The Labute approximate surface area is 118 Å². The van der Waals surface area contributed by atoms with Crippen molar-refractivity contribution < 1.29 is 5.11 Å². The van der Waals surface area contributed by atoms with E-state index in [0.29, 0.717) is 17.6 Å². The van der Waals surface area contributed by atoms with Gasteiger partial charge < -0.3 is 15.7 Å². The van der Waals surface area contributed by atoms with Gasteiger partial charge in [-0.2, -0.15) is 0 Å². The summed E-state index contributed by atoms with van der Waals surface area (Å²) in [6.45, 7) is 3.13. The molecule has 1 aromatic rings. The van der Waals surface area contributed by atoms with Crippen LogP contribution in [-0.2, 0) is 0 Å². The number of aliphatic hydroxyl groups excluding tert-OH is 1. The minimum atomic E-state index is -0.677. The highest BCUT2D eigenvalue weighted by Crippen LogP contribution is 2.22. The summed E-state index contributed by atoms with van der Waals surface area (Å²) in [7, 11) is 0. The molecule has 0 bridgehead atoms. The second kappa shape index (κ2) is 6.78. The zero-order chi connectivity index (χ0) is 13.7. The molecule has 1 saturated carbocycles. The number of hydrogen-bond donors (Lipinski definition) is 3. The van der Waals surface area contributed by atoms with Crippen LogP contribution in [0.25, 0.3) is 0 Å². The lowest BCUT2D eigenvalue weighted by Crippen LogP contribution is -2.38. The molecule has 104 valence electrons. The largest absolute Gasteiger partial charge is 0.386 e. The van der Waals surface area contributed by atoms with Gasteiger partial charge >= 0.3 is 0 Å². The molecule has 0 aliphatic heterocycles. The third-order valence-corrected chi connectivity index (χ3v) is 3.29. The highest BCUT2D eigenvalue weighted by Gasteiger charge is 2.22. The molecule has 1 aromatic carbocycles. The van der Waals surface area contributed by atoms with Crippen LogP contribution in [0.4, 0.5) is 0 Å². The van der Waals surface area contributed by atoms with E-state index >= 15 is 0 Å². The Morgan fingerprint density at radius 2 is 2.21 bits per heavy atom. The molecule has 3 N–H and O–H groups in total. The third-order valence-electron chi connectivity index (χ3n) is 2.95. The van der Waals surface area contributed by atoms with Gasteiger partial charge in [0.2, 0.25) is 0 Å². The van der Waals surface area contributed by atoms with Crippen LogP contribution in [0, 0.1) is 0 Å². The van der Waals surface area contributed by atoms with Crippen molar-refractivity contribution in [2.45, 2.75) is 31.9 Å². The average molecular weight is 282 g/mol. The first kappa shape index (κ1) is 14.2. The van der Waals surface area contributed by atoms with Gasteiger partial charge in [0.25, 0.3) is 0 Å². The fourth-order valence-electron chi connectivity index (χ4n) is 1.76. The Bertz CT molecular complexity index is 446. The molecule has 0 heterocycles. The van der Waals surface area contributed by atoms with Gasteiger partial charge in [-0.25, -0.2) is 0 Å². The van der Waals surface area contributed by atoms with Gasteiger partial charge in [0, 0.05) is 23.2 Å². The molecule has 0 saturated heterocycles. The number of guanidine groups is 1. The molecule has 1 fully saturated rings. The zero-order valence-electron chi connectivity index (χ0n) is 11.1. The van der Waals surface area contributed by atoms with E-state index in [-0.39, 0.29) is 0 Å². The fraction of sp³-hybridized carbons (Fsp3) is 0.500. The predicted octanol–water partition coefficient (Wildman–Crippen LogP) is 2.09. The Balaban J connectivity index is 1.96. The molecule has 5 heteroatoms. The normalized spacial score (nSPS) is 17.1. The molecule has 4 nitrogen and oxygen atoms in total. The smallest absolute Gasteiger partial charge is 0.191 e. The maximum Gasteiger partial charge on any atom is 0.191 e. The van der Waals surface area contributed by atoms with E-state index in [2.05, 4.69) is 15.6 Å². The van der Waals surface area contributed by atoms with Crippen LogP contribution < -0.4 is 10.6 Å². The van der Waals surface area contributed by atoms with Crippen LogP contribution in [0.5, 0.6) is 0 Å². The first-order valence-corrected chi connectivity index (χ1v) is 7.06. The molecule has 1 unspecified atom stereocenters. The molecular weight excluding hydrogens is 262 g/mol. The lowest BCUT2D eigenvalue weighted by atomic mass is 10.1. The van der Waals surface area contributed by atoms with Gasteiger partial charge in [-0.15, -0.1) is 0 Å². The molecule has 0 amide bonds. The lowest BCUT2D eigenvalue weighted by Gasteiger charge is -2.13. The van der Waals surface area contributed by atoms with E-state index in [1.807, 2.05) is 25.1 Å². The Kier molecular flexibility index (Phi) is 5.05. The van der Waals surface area contributed by atoms with Gasteiger partial charge in [0.15, 0.2) is 5.96 Å². The lowest BCUT2D eigenvalue weighted by molar-refractivity contribution is 0.187. The van der Waals surface area contributed by atoms with Gasteiger partial charge in [-0.05, 0) is 25.8 Å². The minimum absolute atomic E-state index is 0.297. The summed E-state index contributed by atoms with van der Waals surface area (Å²) in [4.78, 5) is 4.40. The summed E-state index contributed by atoms with van der Waals surface area (Å²) in [6.07, 6.45) is 1.71. The molecule has 19 heavy (non-hydrogen) atoms. The highest BCUT2D eigenvalue weighted by molar-refractivity contribution is 6.31. The second-order valence-electron chi connectivity index (χ2n) is 4.68. The van der Waals surface area contributed by atoms with Crippen LogP contribution in [0.3, 0.4) is 0 Å². The van der Waals surface area contributed by atoms with Crippen LogP contribution in [0.15, 0.2) is 29.3 Å². The van der Waals surface area contributed by atoms with Crippen molar-refractivity contribution in [3.05, 3.63) is 34.9 Å². The van der Waals surface area contributed by atoms with E-state index in [9.17, 15) is 5.11 Å². The van der Waals surface area contributed by atoms with E-state index in [0.717, 1.165) is 18.1 Å². The molecule has 0 spiro atoms. The number of nitrogens with one attached hydrogen (secondary N) is 2. The van der Waals surface area contributed by atoms with Gasteiger partial charge in [0.05, 0.1) is 6.54 Å². The SMILES string of the molecule is CCNC(=NCC(O)c1ccccc1Cl)NC1CC1. The standard InChI is InChI=1S/C14H20ClN3O/c1-2-16-14(18-10-7-8-10)17-9-13(19)11-5-3-4-6-12(11)15/h3-6,10,13,19H,2,7-9H2,1H3,(H2,16,17,18). The van der Waals surface area contributed by atoms with Crippen molar-refractivity contribution in [1.82, 2.24) is 10.6 Å². The van der Waals surface area contributed by atoms with Crippen LogP contribution in [-0.4, -0.2) is 30.2 Å². The maximum atomic E-state index is 10.1. The van der Waals surface area contributed by atoms with Gasteiger partial charge in [-0.1, -0.05) is 29.8 Å². The van der Waals surface area contributed by atoms with E-state index in [1.165, 1.54) is 12.8 Å². The van der Waals surface area contributed by atoms with Crippen molar-refractivity contribution in [3.63, 3.8) is 0 Å². The van der Waals surface area contributed by atoms with E-state index in [4.69, 9.17) is 11.6 Å². The summed E-state index contributed by atoms with van der Waals surface area (Å²) < 4.78 is 0. The van der Waals surface area contributed by atoms with Crippen LogP contribution in [0.1, 0.15) is 31.4 Å². The second-order valence-corrected chi connectivity index (χ2v) is 5.08. The topological polar surface area (TPSA) is 56.7 Å². The fourth-order valence-corrected chi connectivity index (χ4v) is 2.02. The third kappa shape index (κ3) is 4.40. The van der Waals surface area contributed by atoms with Gasteiger partial charge in [-0.3, -0.25) is 4.99 Å². The molecular formula is C14H20ClN3O. The number of aliphatic hydroxyl groups is 1. The Morgan fingerprint density at radius 1 is 1.47 bits per heavy atom. The van der Waals surface area contributed by atoms with Crippen molar-refractivity contribution in [2.24, 2.45) is 4.99 Å². The van der Waals surface area contributed by atoms with Crippen molar-refractivity contribution >= 4 is 17.6 Å². The molecule has 1 aliphatic rings. The number of nitrogens with zero attached hydrogens (tertiary/aromatic N) is 1. The van der Waals surface area contributed by atoms with E-state index in [1.54, 1.807) is 6.07 Å². The molecule has 1 aliphatic carbocycles. The quantitative estimate of drug-likeness (QED) is 0.572. The number of rotatable bonds is 5. The summed E-state index contributed by atoms with van der Waals surface area (Å²) in [5, 5.41) is 17.2. The van der Waals surface area contributed by atoms with Gasteiger partial charge in [0.1, 0.15) is 6.10 Å². The first-order valence-electron chi connectivity index (χ1n) is 6.68. The Morgan fingerprint density at radius 3 is 2.84 bits per heavy atom. The number of halogens is 1. The average Bonchev–Trinajstić information content (AvgIpc) is 3.20. The van der Waals surface area contributed by atoms with Crippen molar-refractivity contribution in [3.8, 4) is 0 Å². The number of aliphatic imine (C=N–C) groups is 1. The summed E-state index contributed by atoms with van der Waals surface area (Å²) in [5.41, 5.74) is 0.718. The van der Waals surface area contributed by atoms with Crippen molar-refractivity contribution in [2.75, 3.05) is 13.1 Å². The summed E-state index contributed by atoms with van der Waals surface area (Å²) in [5.74, 6) is 0.760. The highest BCUT2D eigenvalue weighted by atomic mass is 35.5. The Hall–Kier alpha value is -1.26. The summed E-state index contributed by atoms with van der Waals surface area (Å²) in [6, 6.07) is 7.85. The van der Waals surface area contributed by atoms with Crippen LogP contribution in [0.2, 0.25) is 5.02 Å². The van der Waals surface area contributed by atoms with Crippen LogP contribution >= 0.6 is 11.6 Å². The number of benzene rings is 1. The molecule has 0 radical (unpaired) electrons. The van der Waals surface area contributed by atoms with Crippen molar-refractivity contribution in [1.29, 1.82) is 0 Å². The van der Waals surface area contributed by atoms with E-state index < -0.39 is 6.10 Å². The molecule has 1 atom stereocenters. The maximum absolute atomic E-state index is 10.1. The summed E-state index contributed by atoms with van der Waals surface area (Å²) >= 11 is 6.05. The predicted molar refractivity (Wildman–Crippen MR) is 78.5 cm³/mol. The first-order chi connectivity index (χ1) is 9.20. The molecule has 2 rings (SSSR count).